The number of carbonyl (C=O) groups is 2. The summed E-state index contributed by atoms with van der Waals surface area (Å²) in [5, 5.41) is 12.2. The number of nitrogen functional groups attached to an aromatic ring is 1. The lowest BCUT2D eigenvalue weighted by Crippen LogP contribution is -2.45. The van der Waals surface area contributed by atoms with Gasteiger partial charge < -0.3 is 20.7 Å². The van der Waals surface area contributed by atoms with Gasteiger partial charge in [-0.25, -0.2) is 4.79 Å². The number of rotatable bonds is 3. The van der Waals surface area contributed by atoms with Crippen molar-refractivity contribution in [1.82, 2.24) is 10.2 Å². The maximum absolute atomic E-state index is 12.5. The largest absolute Gasteiger partial charge is 0.457 e. The predicted octanol–water partition coefficient (Wildman–Crippen LogP) is 0.671. The lowest BCUT2D eigenvalue weighted by atomic mass is 10.1. The molecule has 1 aromatic rings. The van der Waals surface area contributed by atoms with Crippen LogP contribution < -0.4 is 11.1 Å². The zero-order valence-electron chi connectivity index (χ0n) is 13.3. The Morgan fingerprint density at radius 2 is 2.08 bits per heavy atom. The minimum absolute atomic E-state index is 0.0786. The van der Waals surface area contributed by atoms with Gasteiger partial charge in [-0.1, -0.05) is 0 Å². The molecule has 3 atom stereocenters. The third-order valence-corrected chi connectivity index (χ3v) is 4.49. The van der Waals surface area contributed by atoms with E-state index < -0.39 is 12.0 Å². The fourth-order valence-electron chi connectivity index (χ4n) is 3.18. The quantitative estimate of drug-likeness (QED) is 0.623. The highest BCUT2D eigenvalue weighted by Crippen LogP contribution is 2.21. The molecule has 1 amide bonds. The fraction of sp³-hybridized carbons (Fsp3) is 0.471. The van der Waals surface area contributed by atoms with Gasteiger partial charge in [-0.15, -0.1) is 0 Å². The summed E-state index contributed by atoms with van der Waals surface area (Å²) in [6.45, 7) is 1.05. The van der Waals surface area contributed by atoms with Gasteiger partial charge in [0.15, 0.2) is 0 Å². The minimum Gasteiger partial charge on any atom is -0.457 e. The van der Waals surface area contributed by atoms with E-state index in [0.717, 1.165) is 12.8 Å². The van der Waals surface area contributed by atoms with Crippen molar-refractivity contribution < 1.29 is 14.3 Å². The van der Waals surface area contributed by atoms with Crippen LogP contribution in [0.15, 0.2) is 24.3 Å². The zero-order valence-corrected chi connectivity index (χ0v) is 13.3. The standard InChI is InChI=1S/C17H20N4O3/c18-9-13-2-1-7-21(13)16(22)15-8-14(10-20-15)24-17(23)11-3-5-12(19)6-4-11/h3-6,13-15,20H,1-2,7-8,10,19H2/t13-,14-,15-/m0/s1. The number of likely N-dealkylation sites (tertiary alicyclic amines) is 1. The molecule has 24 heavy (non-hydrogen) atoms. The molecule has 2 aliphatic rings. The SMILES string of the molecule is N#C[C@@H]1CCCN1C(=O)[C@@H]1C[C@H](OC(=O)c2ccc(N)cc2)CN1. The van der Waals surface area contributed by atoms with Crippen LogP contribution in [0.2, 0.25) is 0 Å². The summed E-state index contributed by atoms with van der Waals surface area (Å²) in [6.07, 6.45) is 1.65. The second kappa shape index (κ2) is 6.89. The van der Waals surface area contributed by atoms with E-state index in [1.165, 1.54) is 0 Å². The summed E-state index contributed by atoms with van der Waals surface area (Å²) in [5.74, 6) is -0.504. The first kappa shape index (κ1) is 16.3. The molecule has 0 aliphatic carbocycles. The van der Waals surface area contributed by atoms with Crippen molar-refractivity contribution in [3.05, 3.63) is 29.8 Å². The number of hydrogen-bond donors (Lipinski definition) is 2. The molecule has 0 bridgehead atoms. The van der Waals surface area contributed by atoms with Crippen LogP contribution in [0.3, 0.4) is 0 Å². The summed E-state index contributed by atoms with van der Waals surface area (Å²) < 4.78 is 5.46. The molecule has 0 unspecified atom stereocenters. The summed E-state index contributed by atoms with van der Waals surface area (Å²) in [6, 6.07) is 7.95. The summed E-state index contributed by atoms with van der Waals surface area (Å²) >= 11 is 0. The number of anilines is 1. The Kier molecular flexibility index (Phi) is 4.67. The molecule has 126 valence electrons. The maximum Gasteiger partial charge on any atom is 0.338 e. The highest BCUT2D eigenvalue weighted by Gasteiger charge is 2.38. The van der Waals surface area contributed by atoms with Crippen LogP contribution in [0.5, 0.6) is 0 Å². The van der Waals surface area contributed by atoms with Gasteiger partial charge in [0, 0.05) is 25.2 Å². The highest BCUT2D eigenvalue weighted by atomic mass is 16.5. The Labute approximate surface area is 140 Å². The summed E-state index contributed by atoms with van der Waals surface area (Å²) in [5.41, 5.74) is 6.61. The molecule has 7 nitrogen and oxygen atoms in total. The number of hydrogen-bond acceptors (Lipinski definition) is 6. The van der Waals surface area contributed by atoms with Crippen molar-refractivity contribution in [3.63, 3.8) is 0 Å². The van der Waals surface area contributed by atoms with Crippen LogP contribution in [0.1, 0.15) is 29.6 Å². The second-order valence-electron chi connectivity index (χ2n) is 6.16. The van der Waals surface area contributed by atoms with Crippen molar-refractivity contribution in [3.8, 4) is 6.07 Å². The van der Waals surface area contributed by atoms with E-state index in [1.54, 1.807) is 29.2 Å². The van der Waals surface area contributed by atoms with Gasteiger partial charge >= 0.3 is 5.97 Å². The number of nitrogens with one attached hydrogen (secondary N) is 1. The predicted molar refractivity (Wildman–Crippen MR) is 86.8 cm³/mol. The molecule has 0 saturated carbocycles. The van der Waals surface area contributed by atoms with Gasteiger partial charge in [0.25, 0.3) is 0 Å². The van der Waals surface area contributed by atoms with Crippen molar-refractivity contribution in [1.29, 1.82) is 5.26 Å². The van der Waals surface area contributed by atoms with Crippen molar-refractivity contribution in [2.45, 2.75) is 37.5 Å². The van der Waals surface area contributed by atoms with E-state index in [4.69, 9.17) is 15.7 Å². The molecule has 3 rings (SSSR count). The molecule has 7 heteroatoms. The number of amides is 1. The van der Waals surface area contributed by atoms with E-state index in [2.05, 4.69) is 11.4 Å². The van der Waals surface area contributed by atoms with Crippen molar-refractivity contribution in [2.24, 2.45) is 0 Å². The number of benzene rings is 1. The van der Waals surface area contributed by atoms with Crippen LogP contribution >= 0.6 is 0 Å². The van der Waals surface area contributed by atoms with E-state index >= 15 is 0 Å². The smallest absolute Gasteiger partial charge is 0.338 e. The number of esters is 1. The van der Waals surface area contributed by atoms with Gasteiger partial charge in [0.05, 0.1) is 17.7 Å². The molecular formula is C17H20N4O3. The molecule has 2 saturated heterocycles. The lowest BCUT2D eigenvalue weighted by molar-refractivity contribution is -0.133. The number of nitriles is 1. The van der Waals surface area contributed by atoms with Crippen LogP contribution in [0, 0.1) is 11.3 Å². The Morgan fingerprint density at radius 3 is 2.79 bits per heavy atom. The second-order valence-corrected chi connectivity index (χ2v) is 6.16. The lowest BCUT2D eigenvalue weighted by Gasteiger charge is -2.23. The monoisotopic (exact) mass is 328 g/mol. The molecular weight excluding hydrogens is 308 g/mol. The fourth-order valence-corrected chi connectivity index (χ4v) is 3.18. The van der Waals surface area contributed by atoms with E-state index in [9.17, 15) is 9.59 Å². The third kappa shape index (κ3) is 3.34. The van der Waals surface area contributed by atoms with E-state index in [1.807, 2.05) is 0 Å². The van der Waals surface area contributed by atoms with Gasteiger partial charge in [-0.3, -0.25) is 4.79 Å². The number of nitrogens with two attached hydrogens (primary N) is 1. The van der Waals surface area contributed by atoms with E-state index in [0.29, 0.717) is 30.8 Å². The van der Waals surface area contributed by atoms with Gasteiger partial charge in [0.1, 0.15) is 12.1 Å². The minimum atomic E-state index is -0.425. The molecule has 0 aromatic heterocycles. The molecule has 2 aliphatic heterocycles. The summed E-state index contributed by atoms with van der Waals surface area (Å²) in [4.78, 5) is 26.3. The average Bonchev–Trinajstić information content (AvgIpc) is 3.23. The number of ether oxygens (including phenoxy) is 1. The molecule has 2 heterocycles. The first-order chi connectivity index (χ1) is 11.6. The number of carbonyl (C=O) groups excluding carboxylic acids is 2. The highest BCUT2D eigenvalue weighted by molar-refractivity contribution is 5.90. The van der Waals surface area contributed by atoms with E-state index in [-0.39, 0.29) is 18.1 Å². The Morgan fingerprint density at radius 1 is 1.33 bits per heavy atom. The maximum atomic E-state index is 12.5. The van der Waals surface area contributed by atoms with Gasteiger partial charge in [-0.2, -0.15) is 5.26 Å². The summed E-state index contributed by atoms with van der Waals surface area (Å²) in [7, 11) is 0. The van der Waals surface area contributed by atoms with Crippen molar-refractivity contribution in [2.75, 3.05) is 18.8 Å². The Hall–Kier alpha value is -2.59. The van der Waals surface area contributed by atoms with Crippen molar-refractivity contribution >= 4 is 17.6 Å². The van der Waals surface area contributed by atoms with Gasteiger partial charge in [-0.05, 0) is 37.1 Å². The normalized spacial score (nSPS) is 26.1. The van der Waals surface area contributed by atoms with Crippen LogP contribution in [0.4, 0.5) is 5.69 Å². The van der Waals surface area contributed by atoms with Crippen LogP contribution in [0.25, 0.3) is 0 Å². The number of nitrogens with zero attached hydrogens (tertiary/aromatic N) is 2. The topological polar surface area (TPSA) is 108 Å². The first-order valence-electron chi connectivity index (χ1n) is 8.08. The van der Waals surface area contributed by atoms with Gasteiger partial charge in [0.2, 0.25) is 5.91 Å². The first-order valence-corrected chi connectivity index (χ1v) is 8.08. The van der Waals surface area contributed by atoms with Crippen LogP contribution in [-0.2, 0) is 9.53 Å². The Bertz CT molecular complexity index is 667. The molecule has 0 spiro atoms. The molecule has 0 radical (unpaired) electrons. The third-order valence-electron chi connectivity index (χ3n) is 4.49. The molecule has 2 fully saturated rings. The average molecular weight is 328 g/mol. The molecule has 3 N–H and O–H groups in total. The Balaban J connectivity index is 1.55. The van der Waals surface area contributed by atoms with Crippen LogP contribution in [-0.4, -0.2) is 48.1 Å². The zero-order chi connectivity index (χ0) is 17.1. The molecule has 1 aromatic carbocycles.